The average Bonchev–Trinajstić information content (AvgIpc) is 2.68. The van der Waals surface area contributed by atoms with Crippen molar-refractivity contribution in [1.29, 1.82) is 0 Å². The first-order valence-corrected chi connectivity index (χ1v) is 9.99. The summed E-state index contributed by atoms with van der Waals surface area (Å²) >= 11 is 0. The van der Waals surface area contributed by atoms with Crippen molar-refractivity contribution in [3.05, 3.63) is 41.5 Å². The number of carbonyl (C=O) groups is 3. The first kappa shape index (κ1) is 24.2. The second-order valence-electron chi connectivity index (χ2n) is 7.45. The van der Waals surface area contributed by atoms with Crippen molar-refractivity contribution < 1.29 is 19.1 Å². The van der Waals surface area contributed by atoms with Crippen molar-refractivity contribution in [3.63, 3.8) is 0 Å². The van der Waals surface area contributed by atoms with Crippen molar-refractivity contribution in [2.75, 3.05) is 13.1 Å². The Morgan fingerprint density at radius 3 is 2.00 bits per heavy atom. The molecular weight excluding hydrogens is 370 g/mol. The molecule has 0 radical (unpaired) electrons. The number of benzene rings is 1. The molecule has 29 heavy (non-hydrogen) atoms. The van der Waals surface area contributed by atoms with Crippen molar-refractivity contribution in [2.24, 2.45) is 0 Å². The maximum absolute atomic E-state index is 12.7. The fraction of sp³-hybridized carbons (Fsp3) is 0.500. The van der Waals surface area contributed by atoms with Gasteiger partial charge in [-0.25, -0.2) is 4.79 Å². The molecule has 7 heteroatoms. The molecule has 7 nitrogen and oxygen atoms in total. The normalized spacial score (nSPS) is 13.6. The SMILES string of the molecule is CC.CC(=O)NNC(=O)C(=C1CCN(C(=O)OC(C)(C)C)CC1)c1ccccc1. The van der Waals surface area contributed by atoms with Gasteiger partial charge in [0, 0.05) is 25.6 Å². The van der Waals surface area contributed by atoms with Crippen molar-refractivity contribution >= 4 is 23.5 Å². The van der Waals surface area contributed by atoms with Crippen LogP contribution in [0.5, 0.6) is 0 Å². The summed E-state index contributed by atoms with van der Waals surface area (Å²) in [5, 5.41) is 0. The highest BCUT2D eigenvalue weighted by atomic mass is 16.6. The molecule has 0 saturated carbocycles. The van der Waals surface area contributed by atoms with E-state index in [1.165, 1.54) is 6.92 Å². The summed E-state index contributed by atoms with van der Waals surface area (Å²) < 4.78 is 5.41. The third-order valence-electron chi connectivity index (χ3n) is 4.01. The van der Waals surface area contributed by atoms with E-state index in [0.717, 1.165) is 11.1 Å². The summed E-state index contributed by atoms with van der Waals surface area (Å²) in [5.41, 5.74) is 6.49. The van der Waals surface area contributed by atoms with Crippen LogP contribution < -0.4 is 10.9 Å². The molecule has 2 rings (SSSR count). The molecule has 1 aromatic carbocycles. The number of amides is 3. The first-order valence-electron chi connectivity index (χ1n) is 9.99. The van der Waals surface area contributed by atoms with Crippen molar-refractivity contribution in [3.8, 4) is 0 Å². The summed E-state index contributed by atoms with van der Waals surface area (Å²) in [7, 11) is 0. The Balaban J connectivity index is 0.00000204. The molecule has 0 spiro atoms. The van der Waals surface area contributed by atoms with Crippen LogP contribution in [0, 0.1) is 0 Å². The Kier molecular flexibility index (Phi) is 9.38. The number of nitrogens with zero attached hydrogens (tertiary/aromatic N) is 1. The minimum Gasteiger partial charge on any atom is -0.444 e. The second kappa shape index (κ2) is 11.2. The highest BCUT2D eigenvalue weighted by Crippen LogP contribution is 2.27. The standard InChI is InChI=1S/C20H27N3O4.C2H6/c1-14(24)21-22-18(25)17(15-8-6-5-7-9-15)16-10-12-23(13-11-16)19(26)27-20(2,3)4;1-2/h5-9H,10-13H2,1-4H3,(H,21,24)(H,22,25);1-2H3. The number of likely N-dealkylation sites (tertiary alicyclic amines) is 1. The zero-order chi connectivity index (χ0) is 22.0. The van der Waals surface area contributed by atoms with Gasteiger partial charge in [0.05, 0.1) is 0 Å². The van der Waals surface area contributed by atoms with E-state index in [0.29, 0.717) is 31.5 Å². The van der Waals surface area contributed by atoms with Gasteiger partial charge in [0.15, 0.2) is 0 Å². The van der Waals surface area contributed by atoms with Crippen molar-refractivity contribution in [2.45, 2.75) is 60.0 Å². The highest BCUT2D eigenvalue weighted by Gasteiger charge is 2.27. The molecule has 2 N–H and O–H groups in total. The molecule has 0 unspecified atom stereocenters. The molecule has 0 bridgehead atoms. The maximum atomic E-state index is 12.7. The molecule has 3 amide bonds. The number of piperidine rings is 1. The van der Waals surface area contributed by atoms with Gasteiger partial charge in [0.2, 0.25) is 5.91 Å². The van der Waals surface area contributed by atoms with Gasteiger partial charge in [-0.2, -0.15) is 0 Å². The zero-order valence-electron chi connectivity index (χ0n) is 18.3. The first-order chi connectivity index (χ1) is 13.7. The molecule has 1 aliphatic heterocycles. The van der Waals surface area contributed by atoms with Gasteiger partial charge in [0.25, 0.3) is 5.91 Å². The molecule has 160 valence electrons. The van der Waals surface area contributed by atoms with E-state index < -0.39 is 5.60 Å². The minimum absolute atomic E-state index is 0.342. The molecule has 1 fully saturated rings. The third kappa shape index (κ3) is 7.97. The fourth-order valence-electron chi connectivity index (χ4n) is 2.84. The number of nitrogens with one attached hydrogen (secondary N) is 2. The lowest BCUT2D eigenvalue weighted by Crippen LogP contribution is -2.42. The smallest absolute Gasteiger partial charge is 0.410 e. The summed E-state index contributed by atoms with van der Waals surface area (Å²) in [6, 6.07) is 9.31. The van der Waals surface area contributed by atoms with Crippen molar-refractivity contribution in [1.82, 2.24) is 15.8 Å². The number of hydrogen-bond donors (Lipinski definition) is 2. The number of hydrazine groups is 1. The molecule has 1 heterocycles. The van der Waals surface area contributed by atoms with Crippen LogP contribution in [0.15, 0.2) is 35.9 Å². The molecular formula is C22H33N3O4. The van der Waals surface area contributed by atoms with Gasteiger partial charge in [-0.05, 0) is 39.2 Å². The number of ether oxygens (including phenoxy) is 1. The topological polar surface area (TPSA) is 87.7 Å². The lowest BCUT2D eigenvalue weighted by molar-refractivity contribution is -0.125. The average molecular weight is 404 g/mol. The highest BCUT2D eigenvalue weighted by molar-refractivity contribution is 6.20. The minimum atomic E-state index is -0.541. The van der Waals surface area contributed by atoms with E-state index in [9.17, 15) is 14.4 Å². The van der Waals surface area contributed by atoms with Gasteiger partial charge >= 0.3 is 6.09 Å². The van der Waals surface area contributed by atoms with Crippen LogP contribution in [0.25, 0.3) is 5.57 Å². The Morgan fingerprint density at radius 1 is 0.966 bits per heavy atom. The largest absolute Gasteiger partial charge is 0.444 e. The number of hydrogen-bond acceptors (Lipinski definition) is 4. The molecule has 0 aliphatic carbocycles. The molecule has 0 atom stereocenters. The molecule has 1 aliphatic rings. The Labute approximate surface area is 173 Å². The quantitative estimate of drug-likeness (QED) is 0.583. The van der Waals surface area contributed by atoms with Gasteiger partial charge in [-0.3, -0.25) is 20.4 Å². The lowest BCUT2D eigenvalue weighted by atomic mass is 9.92. The molecule has 1 saturated heterocycles. The van der Waals surface area contributed by atoms with Crippen LogP contribution in [-0.4, -0.2) is 41.5 Å². The summed E-state index contributed by atoms with van der Waals surface area (Å²) in [5.74, 6) is -0.711. The van der Waals surface area contributed by atoms with E-state index in [4.69, 9.17) is 4.74 Å². The lowest BCUT2D eigenvalue weighted by Gasteiger charge is -2.31. The third-order valence-corrected chi connectivity index (χ3v) is 4.01. The molecule has 0 aromatic heterocycles. The Hall–Kier alpha value is -2.83. The van der Waals surface area contributed by atoms with Crippen LogP contribution in [0.2, 0.25) is 0 Å². The van der Waals surface area contributed by atoms with E-state index in [-0.39, 0.29) is 17.9 Å². The van der Waals surface area contributed by atoms with Crippen LogP contribution in [0.4, 0.5) is 4.79 Å². The van der Waals surface area contributed by atoms with Crippen LogP contribution in [0.1, 0.15) is 59.9 Å². The van der Waals surface area contributed by atoms with Crippen LogP contribution >= 0.6 is 0 Å². The van der Waals surface area contributed by atoms with Crippen LogP contribution in [-0.2, 0) is 14.3 Å². The van der Waals surface area contributed by atoms with Gasteiger partial charge in [-0.1, -0.05) is 49.8 Å². The zero-order valence-corrected chi connectivity index (χ0v) is 18.3. The summed E-state index contributed by atoms with van der Waals surface area (Å²) in [4.78, 5) is 37.7. The Morgan fingerprint density at radius 2 is 1.52 bits per heavy atom. The van der Waals surface area contributed by atoms with Gasteiger partial charge in [0.1, 0.15) is 5.60 Å². The molecule has 1 aromatic rings. The number of rotatable bonds is 2. The predicted octanol–water partition coefficient (Wildman–Crippen LogP) is 3.66. The van der Waals surface area contributed by atoms with E-state index in [1.54, 1.807) is 4.90 Å². The van der Waals surface area contributed by atoms with E-state index in [1.807, 2.05) is 65.0 Å². The van der Waals surface area contributed by atoms with Gasteiger partial charge < -0.3 is 9.64 Å². The monoisotopic (exact) mass is 403 g/mol. The fourth-order valence-corrected chi connectivity index (χ4v) is 2.84. The summed E-state index contributed by atoms with van der Waals surface area (Å²) in [6.45, 7) is 11.8. The summed E-state index contributed by atoms with van der Waals surface area (Å²) in [6.07, 6.45) is 0.791. The van der Waals surface area contributed by atoms with E-state index >= 15 is 0 Å². The number of carbonyl (C=O) groups excluding carboxylic acids is 3. The van der Waals surface area contributed by atoms with Crippen LogP contribution in [0.3, 0.4) is 0 Å². The maximum Gasteiger partial charge on any atom is 0.410 e. The Bertz CT molecular complexity index is 726. The predicted molar refractivity (Wildman–Crippen MR) is 114 cm³/mol. The van der Waals surface area contributed by atoms with E-state index in [2.05, 4.69) is 10.9 Å². The van der Waals surface area contributed by atoms with Gasteiger partial charge in [-0.15, -0.1) is 0 Å². The second-order valence-corrected chi connectivity index (χ2v) is 7.45.